The second kappa shape index (κ2) is 9.52. The average Bonchev–Trinajstić information content (AvgIpc) is 3.02. The van der Waals surface area contributed by atoms with Gasteiger partial charge in [0.1, 0.15) is 23.6 Å². The van der Waals surface area contributed by atoms with E-state index in [2.05, 4.69) is 24.5 Å². The number of imide groups is 1. The first-order chi connectivity index (χ1) is 15.6. The second-order valence-electron chi connectivity index (χ2n) is 8.62. The summed E-state index contributed by atoms with van der Waals surface area (Å²) in [4.78, 5) is 39.4. The molecule has 1 heterocycles. The minimum atomic E-state index is -1.23. The van der Waals surface area contributed by atoms with Crippen molar-refractivity contribution in [3.05, 3.63) is 59.2 Å². The van der Waals surface area contributed by atoms with Crippen LogP contribution in [0, 0.1) is 0 Å². The standard InChI is InChI=1S/C25H31N3O5/c1-15(2)17-7-9-18(10-8-17)25(4)23(30)28(24(31)27-25)14-22(29)26-16(3)20-13-19(32-5)11-12-21(20)33-6/h7-13,15-16H,14H2,1-6H3,(H,26,29)(H,27,31). The number of nitrogens with zero attached hydrogens (tertiary/aromatic N) is 1. The van der Waals surface area contributed by atoms with Gasteiger partial charge in [0.2, 0.25) is 5.91 Å². The minimum Gasteiger partial charge on any atom is -0.497 e. The lowest BCUT2D eigenvalue weighted by Crippen LogP contribution is -2.43. The van der Waals surface area contributed by atoms with Crippen LogP contribution in [-0.2, 0) is 15.1 Å². The highest BCUT2D eigenvalue weighted by molar-refractivity contribution is 6.09. The molecule has 1 aliphatic rings. The van der Waals surface area contributed by atoms with Crippen molar-refractivity contribution in [3.8, 4) is 11.5 Å². The van der Waals surface area contributed by atoms with Gasteiger partial charge < -0.3 is 20.1 Å². The van der Waals surface area contributed by atoms with Crippen LogP contribution in [0.15, 0.2) is 42.5 Å². The fraction of sp³-hybridized carbons (Fsp3) is 0.400. The van der Waals surface area contributed by atoms with Gasteiger partial charge in [-0.15, -0.1) is 0 Å². The largest absolute Gasteiger partial charge is 0.497 e. The third kappa shape index (κ3) is 4.79. The molecule has 1 fully saturated rings. The SMILES string of the molecule is COc1ccc(OC)c(C(C)NC(=O)CN2C(=O)NC(C)(c3ccc(C(C)C)cc3)C2=O)c1. The number of rotatable bonds is 8. The summed E-state index contributed by atoms with van der Waals surface area (Å²) in [5.41, 5.74) is 1.30. The summed E-state index contributed by atoms with van der Waals surface area (Å²) in [5.74, 6) is 0.643. The van der Waals surface area contributed by atoms with Gasteiger partial charge in [-0.2, -0.15) is 0 Å². The van der Waals surface area contributed by atoms with Crippen LogP contribution in [-0.4, -0.2) is 43.5 Å². The van der Waals surface area contributed by atoms with Crippen LogP contribution >= 0.6 is 0 Å². The summed E-state index contributed by atoms with van der Waals surface area (Å²) in [6, 6.07) is 11.8. The number of amides is 4. The summed E-state index contributed by atoms with van der Waals surface area (Å²) in [5, 5.41) is 5.57. The quantitative estimate of drug-likeness (QED) is 0.597. The number of hydrogen-bond donors (Lipinski definition) is 2. The van der Waals surface area contributed by atoms with E-state index in [9.17, 15) is 14.4 Å². The van der Waals surface area contributed by atoms with Gasteiger partial charge in [-0.1, -0.05) is 38.1 Å². The molecular weight excluding hydrogens is 422 g/mol. The Morgan fingerprint density at radius 1 is 1.06 bits per heavy atom. The number of methoxy groups -OCH3 is 2. The zero-order valence-corrected chi connectivity index (χ0v) is 19.9. The summed E-state index contributed by atoms with van der Waals surface area (Å²) in [6.45, 7) is 7.23. The fourth-order valence-corrected chi connectivity index (χ4v) is 3.92. The van der Waals surface area contributed by atoms with Gasteiger partial charge in [-0.05, 0) is 49.1 Å². The molecule has 0 radical (unpaired) electrons. The van der Waals surface area contributed by atoms with Crippen LogP contribution in [0.3, 0.4) is 0 Å². The molecule has 0 bridgehead atoms. The second-order valence-corrected chi connectivity index (χ2v) is 8.62. The van der Waals surface area contributed by atoms with E-state index in [1.807, 2.05) is 24.3 Å². The number of nitrogens with one attached hydrogen (secondary N) is 2. The fourth-order valence-electron chi connectivity index (χ4n) is 3.92. The molecule has 33 heavy (non-hydrogen) atoms. The lowest BCUT2D eigenvalue weighted by Gasteiger charge is -2.23. The number of benzene rings is 2. The van der Waals surface area contributed by atoms with Crippen LogP contribution in [0.25, 0.3) is 0 Å². The highest BCUT2D eigenvalue weighted by Crippen LogP contribution is 2.31. The van der Waals surface area contributed by atoms with Gasteiger partial charge in [0.05, 0.1) is 20.3 Å². The predicted molar refractivity (Wildman–Crippen MR) is 124 cm³/mol. The molecule has 0 aliphatic carbocycles. The molecule has 8 nitrogen and oxygen atoms in total. The Kier molecular flexibility index (Phi) is 6.95. The van der Waals surface area contributed by atoms with E-state index in [0.29, 0.717) is 23.0 Å². The number of hydrogen-bond acceptors (Lipinski definition) is 5. The zero-order valence-electron chi connectivity index (χ0n) is 19.9. The van der Waals surface area contributed by atoms with Crippen molar-refractivity contribution >= 4 is 17.8 Å². The molecule has 0 spiro atoms. The number of urea groups is 1. The number of carbonyl (C=O) groups is 3. The molecular formula is C25H31N3O5. The van der Waals surface area contributed by atoms with Crippen molar-refractivity contribution in [2.75, 3.05) is 20.8 Å². The van der Waals surface area contributed by atoms with Gasteiger partial charge in [0, 0.05) is 5.56 Å². The van der Waals surface area contributed by atoms with Crippen molar-refractivity contribution in [1.29, 1.82) is 0 Å². The van der Waals surface area contributed by atoms with E-state index in [1.165, 1.54) is 0 Å². The lowest BCUT2D eigenvalue weighted by molar-refractivity contribution is -0.135. The van der Waals surface area contributed by atoms with E-state index >= 15 is 0 Å². The highest BCUT2D eigenvalue weighted by Gasteiger charge is 2.49. The number of ether oxygens (including phenoxy) is 2. The average molecular weight is 454 g/mol. The van der Waals surface area contributed by atoms with E-state index in [4.69, 9.17) is 9.47 Å². The summed E-state index contributed by atoms with van der Waals surface area (Å²) >= 11 is 0. The Bertz CT molecular complexity index is 1050. The van der Waals surface area contributed by atoms with Crippen LogP contribution in [0.5, 0.6) is 11.5 Å². The molecule has 0 aromatic heterocycles. The van der Waals surface area contributed by atoms with E-state index in [-0.39, 0.29) is 6.54 Å². The number of carbonyl (C=O) groups excluding carboxylic acids is 3. The Hall–Kier alpha value is -3.55. The van der Waals surface area contributed by atoms with Crippen molar-refractivity contribution < 1.29 is 23.9 Å². The molecule has 2 N–H and O–H groups in total. The molecule has 8 heteroatoms. The van der Waals surface area contributed by atoms with Gasteiger partial charge in [-0.25, -0.2) is 4.79 Å². The Labute approximate surface area is 194 Å². The van der Waals surface area contributed by atoms with Crippen LogP contribution in [0.4, 0.5) is 4.79 Å². The van der Waals surface area contributed by atoms with Gasteiger partial charge in [0.25, 0.3) is 5.91 Å². The Balaban J connectivity index is 1.72. The lowest BCUT2D eigenvalue weighted by atomic mass is 9.90. The highest BCUT2D eigenvalue weighted by atomic mass is 16.5. The Morgan fingerprint density at radius 3 is 2.30 bits per heavy atom. The molecule has 1 saturated heterocycles. The van der Waals surface area contributed by atoms with Crippen molar-refractivity contribution in [1.82, 2.24) is 15.5 Å². The molecule has 2 atom stereocenters. The maximum absolute atomic E-state index is 13.2. The summed E-state index contributed by atoms with van der Waals surface area (Å²) < 4.78 is 10.6. The van der Waals surface area contributed by atoms with Gasteiger partial charge in [-0.3, -0.25) is 14.5 Å². The smallest absolute Gasteiger partial charge is 0.325 e. The molecule has 2 aromatic rings. The van der Waals surface area contributed by atoms with Gasteiger partial charge in [0.15, 0.2) is 0 Å². The third-order valence-corrected chi connectivity index (χ3v) is 6.01. The normalized spacial score (nSPS) is 18.8. The van der Waals surface area contributed by atoms with Crippen molar-refractivity contribution in [2.45, 2.75) is 45.2 Å². The molecule has 3 rings (SSSR count). The Morgan fingerprint density at radius 2 is 1.73 bits per heavy atom. The maximum atomic E-state index is 13.2. The first-order valence-corrected chi connectivity index (χ1v) is 10.9. The zero-order chi connectivity index (χ0) is 24.3. The van der Waals surface area contributed by atoms with Crippen LogP contribution in [0.1, 0.15) is 56.3 Å². The monoisotopic (exact) mass is 453 g/mol. The first kappa shape index (κ1) is 24.1. The summed E-state index contributed by atoms with van der Waals surface area (Å²) in [6.07, 6.45) is 0. The van der Waals surface area contributed by atoms with Crippen molar-refractivity contribution in [2.24, 2.45) is 0 Å². The van der Waals surface area contributed by atoms with E-state index < -0.39 is 29.4 Å². The van der Waals surface area contributed by atoms with Crippen molar-refractivity contribution in [3.63, 3.8) is 0 Å². The summed E-state index contributed by atoms with van der Waals surface area (Å²) in [7, 11) is 3.10. The molecule has 0 saturated carbocycles. The first-order valence-electron chi connectivity index (χ1n) is 10.9. The third-order valence-electron chi connectivity index (χ3n) is 6.01. The molecule has 2 aromatic carbocycles. The van der Waals surface area contributed by atoms with E-state index in [1.54, 1.807) is 46.3 Å². The van der Waals surface area contributed by atoms with Gasteiger partial charge >= 0.3 is 6.03 Å². The molecule has 176 valence electrons. The molecule has 2 unspecified atom stereocenters. The predicted octanol–water partition coefficient (Wildman–Crippen LogP) is 3.47. The molecule has 1 aliphatic heterocycles. The van der Waals surface area contributed by atoms with Crippen LogP contribution < -0.4 is 20.1 Å². The topological polar surface area (TPSA) is 97.0 Å². The minimum absolute atomic E-state index is 0.353. The van der Waals surface area contributed by atoms with E-state index in [0.717, 1.165) is 16.0 Å². The molecule has 4 amide bonds. The van der Waals surface area contributed by atoms with Crippen LogP contribution in [0.2, 0.25) is 0 Å². The maximum Gasteiger partial charge on any atom is 0.325 e.